The Hall–Kier alpha value is 0.0500. The number of aliphatic hydroxyl groups is 1. The van der Waals surface area contributed by atoms with Crippen molar-refractivity contribution in [1.82, 2.24) is 0 Å². The number of aliphatic hydroxyl groups excluding tert-OH is 1. The summed E-state index contributed by atoms with van der Waals surface area (Å²) in [6.45, 7) is 4.13. The zero-order valence-electron chi connectivity index (χ0n) is 5.35. The van der Waals surface area contributed by atoms with Crippen LogP contribution in [-0.2, 0) is 0 Å². The van der Waals surface area contributed by atoms with Crippen molar-refractivity contribution in [3.8, 4) is 0 Å². The molecule has 8 heavy (non-hydrogen) atoms. The fraction of sp³-hybridized carbons (Fsp3) is 0.833. The molecular weight excluding hydrogens is 120 g/mol. The Morgan fingerprint density at radius 3 is 2.38 bits per heavy atom. The summed E-state index contributed by atoms with van der Waals surface area (Å²) in [5.41, 5.74) is 0. The molecule has 0 aliphatic rings. The van der Waals surface area contributed by atoms with Crippen molar-refractivity contribution in [2.24, 2.45) is 5.92 Å². The zero-order chi connectivity index (χ0) is 6.57. The second kappa shape index (κ2) is 3.98. The van der Waals surface area contributed by atoms with Crippen molar-refractivity contribution in [2.75, 3.05) is 6.61 Å². The SMILES string of the molecule is CCC(=S)C(C)CO. The molecule has 1 unspecified atom stereocenters. The van der Waals surface area contributed by atoms with Crippen LogP contribution in [0.3, 0.4) is 0 Å². The smallest absolute Gasteiger partial charge is 0.0502 e. The highest BCUT2D eigenvalue weighted by atomic mass is 32.1. The molecule has 0 saturated carbocycles. The number of hydrogen-bond acceptors (Lipinski definition) is 2. The molecule has 0 fully saturated rings. The Bertz CT molecular complexity index is 80.6. The van der Waals surface area contributed by atoms with Crippen molar-refractivity contribution in [2.45, 2.75) is 20.3 Å². The minimum atomic E-state index is 0.187. The molecule has 0 aliphatic heterocycles. The molecule has 0 aliphatic carbocycles. The van der Waals surface area contributed by atoms with Crippen molar-refractivity contribution in [3.05, 3.63) is 0 Å². The normalized spacial score (nSPS) is 13.4. The van der Waals surface area contributed by atoms with E-state index in [-0.39, 0.29) is 12.5 Å². The van der Waals surface area contributed by atoms with E-state index in [0.717, 1.165) is 11.3 Å². The first-order valence-corrected chi connectivity index (χ1v) is 3.26. The molecule has 0 radical (unpaired) electrons. The minimum Gasteiger partial charge on any atom is -0.396 e. The quantitative estimate of drug-likeness (QED) is 0.586. The van der Waals surface area contributed by atoms with Gasteiger partial charge in [0.1, 0.15) is 0 Å². The number of thiocarbonyl (C=S) groups is 1. The van der Waals surface area contributed by atoms with E-state index in [9.17, 15) is 0 Å². The van der Waals surface area contributed by atoms with E-state index < -0.39 is 0 Å². The molecule has 1 atom stereocenters. The van der Waals surface area contributed by atoms with Gasteiger partial charge in [0.05, 0.1) is 6.61 Å². The monoisotopic (exact) mass is 132 g/mol. The summed E-state index contributed by atoms with van der Waals surface area (Å²) in [6.07, 6.45) is 0.900. The van der Waals surface area contributed by atoms with Gasteiger partial charge in [0.25, 0.3) is 0 Å². The minimum absolute atomic E-state index is 0.187. The highest BCUT2D eigenvalue weighted by Crippen LogP contribution is 2.00. The van der Waals surface area contributed by atoms with E-state index in [2.05, 4.69) is 0 Å². The van der Waals surface area contributed by atoms with E-state index in [1.54, 1.807) is 0 Å². The second-order valence-electron chi connectivity index (χ2n) is 1.90. The maximum Gasteiger partial charge on any atom is 0.0502 e. The van der Waals surface area contributed by atoms with Gasteiger partial charge in [0, 0.05) is 5.92 Å². The van der Waals surface area contributed by atoms with Crippen LogP contribution < -0.4 is 0 Å². The molecule has 0 saturated heterocycles. The predicted octanol–water partition coefficient (Wildman–Crippen LogP) is 1.39. The largest absolute Gasteiger partial charge is 0.396 e. The molecule has 1 N–H and O–H groups in total. The Balaban J connectivity index is 3.46. The average Bonchev–Trinajstić information content (AvgIpc) is 1.84. The van der Waals surface area contributed by atoms with Crippen LogP contribution in [0.25, 0.3) is 0 Å². The topological polar surface area (TPSA) is 20.2 Å². The van der Waals surface area contributed by atoms with Crippen LogP contribution in [-0.4, -0.2) is 16.6 Å². The van der Waals surface area contributed by atoms with Gasteiger partial charge >= 0.3 is 0 Å². The highest BCUT2D eigenvalue weighted by molar-refractivity contribution is 7.80. The fourth-order valence-electron chi connectivity index (χ4n) is 0.450. The second-order valence-corrected chi connectivity index (χ2v) is 2.43. The summed E-state index contributed by atoms with van der Waals surface area (Å²) in [4.78, 5) is 0.965. The summed E-state index contributed by atoms with van der Waals surface area (Å²) in [7, 11) is 0. The molecule has 0 aromatic carbocycles. The average molecular weight is 132 g/mol. The Morgan fingerprint density at radius 2 is 2.25 bits per heavy atom. The molecule has 2 heteroatoms. The van der Waals surface area contributed by atoms with Crippen LogP contribution in [0.1, 0.15) is 20.3 Å². The van der Waals surface area contributed by atoms with Crippen LogP contribution in [0.5, 0.6) is 0 Å². The van der Waals surface area contributed by atoms with E-state index in [1.807, 2.05) is 13.8 Å². The van der Waals surface area contributed by atoms with Gasteiger partial charge in [-0.1, -0.05) is 26.1 Å². The van der Waals surface area contributed by atoms with E-state index >= 15 is 0 Å². The third-order valence-electron chi connectivity index (χ3n) is 1.17. The maximum atomic E-state index is 8.55. The molecular formula is C6H12OS. The van der Waals surface area contributed by atoms with E-state index in [4.69, 9.17) is 17.3 Å². The summed E-state index contributed by atoms with van der Waals surface area (Å²) in [5.74, 6) is 0.204. The lowest BCUT2D eigenvalue weighted by molar-refractivity contribution is 0.270. The molecule has 0 amide bonds. The first-order valence-electron chi connectivity index (χ1n) is 2.86. The lowest BCUT2D eigenvalue weighted by Crippen LogP contribution is -2.10. The molecule has 48 valence electrons. The molecule has 0 bridgehead atoms. The molecule has 0 aromatic rings. The van der Waals surface area contributed by atoms with Crippen LogP contribution in [0.2, 0.25) is 0 Å². The Morgan fingerprint density at radius 1 is 1.75 bits per heavy atom. The van der Waals surface area contributed by atoms with Crippen molar-refractivity contribution in [3.63, 3.8) is 0 Å². The van der Waals surface area contributed by atoms with Gasteiger partial charge in [0.2, 0.25) is 0 Å². The summed E-state index contributed by atoms with van der Waals surface area (Å²) in [6, 6.07) is 0. The third-order valence-corrected chi connectivity index (χ3v) is 1.86. The van der Waals surface area contributed by atoms with Gasteiger partial charge in [-0.15, -0.1) is 0 Å². The summed E-state index contributed by atoms with van der Waals surface area (Å²) >= 11 is 4.92. The molecule has 1 nitrogen and oxygen atoms in total. The van der Waals surface area contributed by atoms with Crippen LogP contribution >= 0.6 is 12.2 Å². The molecule has 0 heterocycles. The number of hydrogen-bond donors (Lipinski definition) is 1. The van der Waals surface area contributed by atoms with Crippen molar-refractivity contribution in [1.29, 1.82) is 0 Å². The van der Waals surface area contributed by atoms with Gasteiger partial charge < -0.3 is 5.11 Å². The lowest BCUT2D eigenvalue weighted by Gasteiger charge is -2.05. The first-order chi connectivity index (χ1) is 3.72. The summed E-state index contributed by atoms with van der Waals surface area (Å²) < 4.78 is 0. The van der Waals surface area contributed by atoms with Crippen LogP contribution in [0.15, 0.2) is 0 Å². The van der Waals surface area contributed by atoms with Gasteiger partial charge in [-0.05, 0) is 11.3 Å². The highest BCUT2D eigenvalue weighted by Gasteiger charge is 2.02. The van der Waals surface area contributed by atoms with Gasteiger partial charge in [-0.2, -0.15) is 0 Å². The van der Waals surface area contributed by atoms with Crippen LogP contribution in [0.4, 0.5) is 0 Å². The molecule has 0 aromatic heterocycles. The fourth-order valence-corrected chi connectivity index (χ4v) is 0.525. The zero-order valence-corrected chi connectivity index (χ0v) is 6.16. The maximum absolute atomic E-state index is 8.55. The summed E-state index contributed by atoms with van der Waals surface area (Å²) in [5, 5.41) is 8.55. The van der Waals surface area contributed by atoms with Gasteiger partial charge in [-0.3, -0.25) is 0 Å². The van der Waals surface area contributed by atoms with Gasteiger partial charge in [-0.25, -0.2) is 0 Å². The first kappa shape index (κ1) is 8.05. The lowest BCUT2D eigenvalue weighted by atomic mass is 10.1. The number of rotatable bonds is 3. The van der Waals surface area contributed by atoms with E-state index in [1.165, 1.54) is 0 Å². The molecule has 0 spiro atoms. The Labute approximate surface area is 55.7 Å². The van der Waals surface area contributed by atoms with Crippen LogP contribution in [0, 0.1) is 5.92 Å². The standard InChI is InChI=1S/C6H12OS/c1-3-6(8)5(2)4-7/h5,7H,3-4H2,1-2H3. The third kappa shape index (κ3) is 2.38. The van der Waals surface area contributed by atoms with Crippen molar-refractivity contribution >= 4 is 17.1 Å². The van der Waals surface area contributed by atoms with Gasteiger partial charge in [0.15, 0.2) is 0 Å². The molecule has 0 rings (SSSR count). The van der Waals surface area contributed by atoms with E-state index in [0.29, 0.717) is 0 Å². The predicted molar refractivity (Wildman–Crippen MR) is 39.1 cm³/mol. The van der Waals surface area contributed by atoms with Crippen molar-refractivity contribution < 1.29 is 5.11 Å². The Kier molecular flexibility index (Phi) is 4.01.